The van der Waals surface area contributed by atoms with Gasteiger partial charge in [0.1, 0.15) is 5.75 Å². The molecular formula is C7H9NO4S. The Morgan fingerprint density at radius 1 is 1.38 bits per heavy atom. The predicted octanol–water partition coefficient (Wildman–Crippen LogP) is 0.327. The van der Waals surface area contributed by atoms with Crippen molar-refractivity contribution in [3.05, 3.63) is 29.8 Å². The Kier molecular flexibility index (Phi) is 2.86. The van der Waals surface area contributed by atoms with Crippen LogP contribution < -0.4 is 9.92 Å². The lowest BCUT2D eigenvalue weighted by molar-refractivity contribution is 0.385. The van der Waals surface area contributed by atoms with E-state index in [9.17, 15) is 8.42 Å². The fraction of sp³-hybridized carbons (Fsp3) is 0.143. The lowest BCUT2D eigenvalue weighted by Crippen LogP contribution is -2.09. The molecule has 0 atom stereocenters. The molecule has 72 valence electrons. The van der Waals surface area contributed by atoms with E-state index in [2.05, 4.69) is 4.18 Å². The standard InChI is InChI=1S/C7H9NO4S/c8-5-6-3-1-2-4-7(6)12-13(9,10)11/h1-4H,5,8H2,(H,9,10,11). The third kappa shape index (κ3) is 3.02. The molecule has 13 heavy (non-hydrogen) atoms. The molecule has 0 amide bonds. The molecule has 0 aliphatic carbocycles. The summed E-state index contributed by atoms with van der Waals surface area (Å²) in [6.07, 6.45) is 0. The summed E-state index contributed by atoms with van der Waals surface area (Å²) < 4.78 is 33.4. The van der Waals surface area contributed by atoms with Gasteiger partial charge in [-0.2, -0.15) is 8.42 Å². The molecule has 0 saturated heterocycles. The molecule has 1 aromatic rings. The number of benzene rings is 1. The Balaban J connectivity index is 3.01. The van der Waals surface area contributed by atoms with Crippen LogP contribution in [0.4, 0.5) is 0 Å². The molecule has 0 unspecified atom stereocenters. The van der Waals surface area contributed by atoms with Gasteiger partial charge in [0.05, 0.1) is 0 Å². The van der Waals surface area contributed by atoms with E-state index in [0.29, 0.717) is 5.56 Å². The van der Waals surface area contributed by atoms with Crippen molar-refractivity contribution in [3.63, 3.8) is 0 Å². The van der Waals surface area contributed by atoms with E-state index in [0.717, 1.165) is 0 Å². The summed E-state index contributed by atoms with van der Waals surface area (Å²) in [5.74, 6) is 0.0486. The zero-order valence-corrected chi connectivity index (χ0v) is 7.49. The largest absolute Gasteiger partial charge is 0.446 e. The quantitative estimate of drug-likeness (QED) is 0.691. The van der Waals surface area contributed by atoms with Crippen LogP contribution in [0.5, 0.6) is 5.75 Å². The third-order valence-corrected chi connectivity index (χ3v) is 1.78. The van der Waals surface area contributed by atoms with Crippen molar-refractivity contribution in [2.45, 2.75) is 6.54 Å². The first-order valence-electron chi connectivity index (χ1n) is 3.48. The van der Waals surface area contributed by atoms with Crippen molar-refractivity contribution in [2.24, 2.45) is 5.73 Å². The highest BCUT2D eigenvalue weighted by atomic mass is 32.3. The summed E-state index contributed by atoms with van der Waals surface area (Å²) in [4.78, 5) is 0. The first kappa shape index (κ1) is 9.97. The fourth-order valence-corrected chi connectivity index (χ4v) is 1.26. The van der Waals surface area contributed by atoms with Crippen molar-refractivity contribution >= 4 is 10.4 Å². The summed E-state index contributed by atoms with van der Waals surface area (Å²) in [6.45, 7) is 0.145. The SMILES string of the molecule is NCc1ccccc1OS(=O)(=O)O. The van der Waals surface area contributed by atoms with Crippen LogP contribution in [0.25, 0.3) is 0 Å². The maximum Gasteiger partial charge on any atom is 0.446 e. The molecule has 1 rings (SSSR count). The Morgan fingerprint density at radius 3 is 2.54 bits per heavy atom. The van der Waals surface area contributed by atoms with Crippen LogP contribution in [0, 0.1) is 0 Å². The zero-order valence-electron chi connectivity index (χ0n) is 6.67. The molecule has 0 bridgehead atoms. The van der Waals surface area contributed by atoms with Gasteiger partial charge in [0.15, 0.2) is 0 Å². The second-order valence-electron chi connectivity index (χ2n) is 2.32. The van der Waals surface area contributed by atoms with Gasteiger partial charge in [-0.15, -0.1) is 0 Å². The summed E-state index contributed by atoms with van der Waals surface area (Å²) in [7, 11) is -4.47. The van der Waals surface area contributed by atoms with Crippen LogP contribution in [-0.2, 0) is 16.9 Å². The molecule has 0 spiro atoms. The van der Waals surface area contributed by atoms with E-state index in [-0.39, 0.29) is 12.3 Å². The van der Waals surface area contributed by atoms with Crippen molar-refractivity contribution in [1.29, 1.82) is 0 Å². The van der Waals surface area contributed by atoms with Crippen molar-refractivity contribution in [1.82, 2.24) is 0 Å². The Labute approximate surface area is 76.1 Å². The topological polar surface area (TPSA) is 89.6 Å². The highest BCUT2D eigenvalue weighted by Crippen LogP contribution is 2.18. The van der Waals surface area contributed by atoms with Crippen LogP contribution in [0.15, 0.2) is 24.3 Å². The highest BCUT2D eigenvalue weighted by molar-refractivity contribution is 7.81. The molecule has 5 nitrogen and oxygen atoms in total. The van der Waals surface area contributed by atoms with E-state index < -0.39 is 10.4 Å². The molecule has 1 aromatic carbocycles. The van der Waals surface area contributed by atoms with Crippen LogP contribution in [0.2, 0.25) is 0 Å². The van der Waals surface area contributed by atoms with Crippen LogP contribution >= 0.6 is 0 Å². The molecule has 0 aromatic heterocycles. The Bertz CT molecular complexity index is 387. The molecule has 0 radical (unpaired) electrons. The summed E-state index contributed by atoms with van der Waals surface area (Å²) in [5, 5.41) is 0. The first-order valence-corrected chi connectivity index (χ1v) is 4.84. The molecule has 0 fully saturated rings. The third-order valence-electron chi connectivity index (χ3n) is 1.39. The van der Waals surface area contributed by atoms with E-state index >= 15 is 0 Å². The van der Waals surface area contributed by atoms with Gasteiger partial charge in [0, 0.05) is 12.1 Å². The van der Waals surface area contributed by atoms with E-state index in [1.807, 2.05) is 0 Å². The van der Waals surface area contributed by atoms with Gasteiger partial charge in [0.2, 0.25) is 0 Å². The average Bonchev–Trinajstić information content (AvgIpc) is 2.02. The summed E-state index contributed by atoms with van der Waals surface area (Å²) in [6, 6.07) is 6.30. The van der Waals surface area contributed by atoms with E-state index in [4.69, 9.17) is 10.3 Å². The minimum absolute atomic E-state index is 0.0486. The van der Waals surface area contributed by atoms with Gasteiger partial charge in [-0.3, -0.25) is 4.55 Å². The van der Waals surface area contributed by atoms with Crippen LogP contribution in [0.1, 0.15) is 5.56 Å². The maximum absolute atomic E-state index is 10.4. The fourth-order valence-electron chi connectivity index (χ4n) is 0.867. The number of hydrogen-bond acceptors (Lipinski definition) is 4. The van der Waals surface area contributed by atoms with Gasteiger partial charge in [-0.1, -0.05) is 18.2 Å². The molecule has 3 N–H and O–H groups in total. The molecule has 0 saturated carbocycles. The van der Waals surface area contributed by atoms with E-state index in [1.165, 1.54) is 6.07 Å². The monoisotopic (exact) mass is 203 g/mol. The number of para-hydroxylation sites is 1. The van der Waals surface area contributed by atoms with Crippen molar-refractivity contribution in [2.75, 3.05) is 0 Å². The molecule has 0 heterocycles. The second-order valence-corrected chi connectivity index (χ2v) is 3.35. The van der Waals surface area contributed by atoms with Gasteiger partial charge in [-0.25, -0.2) is 0 Å². The van der Waals surface area contributed by atoms with E-state index in [1.54, 1.807) is 18.2 Å². The highest BCUT2D eigenvalue weighted by Gasteiger charge is 2.09. The predicted molar refractivity (Wildman–Crippen MR) is 46.5 cm³/mol. The van der Waals surface area contributed by atoms with Gasteiger partial charge in [0.25, 0.3) is 0 Å². The van der Waals surface area contributed by atoms with Crippen LogP contribution in [-0.4, -0.2) is 13.0 Å². The maximum atomic E-state index is 10.4. The smallest absolute Gasteiger partial charge is 0.361 e. The van der Waals surface area contributed by atoms with Gasteiger partial charge < -0.3 is 9.92 Å². The average molecular weight is 203 g/mol. The molecule has 0 aliphatic rings. The number of rotatable bonds is 3. The summed E-state index contributed by atoms with van der Waals surface area (Å²) >= 11 is 0. The van der Waals surface area contributed by atoms with Gasteiger partial charge >= 0.3 is 10.4 Å². The lowest BCUT2D eigenvalue weighted by Gasteiger charge is -2.05. The normalized spacial score (nSPS) is 11.2. The van der Waals surface area contributed by atoms with Gasteiger partial charge in [-0.05, 0) is 6.07 Å². The van der Waals surface area contributed by atoms with Crippen LogP contribution in [0.3, 0.4) is 0 Å². The minimum Gasteiger partial charge on any atom is -0.361 e. The number of nitrogens with two attached hydrogens (primary N) is 1. The zero-order chi connectivity index (χ0) is 9.90. The molecular weight excluding hydrogens is 194 g/mol. The molecule has 0 aliphatic heterocycles. The minimum atomic E-state index is -4.47. The van der Waals surface area contributed by atoms with Crippen molar-refractivity contribution < 1.29 is 17.2 Å². The second kappa shape index (κ2) is 3.73. The summed E-state index contributed by atoms with van der Waals surface area (Å²) in [5.41, 5.74) is 5.83. The lowest BCUT2D eigenvalue weighted by atomic mass is 10.2. The van der Waals surface area contributed by atoms with Crippen molar-refractivity contribution in [3.8, 4) is 5.75 Å². The molecule has 6 heteroatoms. The Hall–Kier alpha value is -1.11. The number of hydrogen-bond donors (Lipinski definition) is 2. The first-order chi connectivity index (χ1) is 6.03. The Morgan fingerprint density at radius 2 is 2.00 bits per heavy atom.